The van der Waals surface area contributed by atoms with E-state index in [0.29, 0.717) is 5.88 Å². The predicted octanol–water partition coefficient (Wildman–Crippen LogP) is 4.98. The first-order chi connectivity index (χ1) is 10.2. The normalized spacial score (nSPS) is 12.9. The minimum absolute atomic E-state index is 0.258. The highest BCUT2D eigenvalue weighted by atomic mass is 79.9. The van der Waals surface area contributed by atoms with Crippen molar-refractivity contribution in [3.8, 4) is 0 Å². The van der Waals surface area contributed by atoms with E-state index in [0.717, 1.165) is 39.9 Å². The highest BCUT2D eigenvalue weighted by molar-refractivity contribution is 9.10. The van der Waals surface area contributed by atoms with Gasteiger partial charge in [0.25, 0.3) is 0 Å². The van der Waals surface area contributed by atoms with Gasteiger partial charge in [0.2, 0.25) is 0 Å². The molecule has 0 N–H and O–H groups in total. The lowest BCUT2D eigenvalue weighted by Crippen LogP contribution is -2.12. The van der Waals surface area contributed by atoms with Crippen molar-refractivity contribution in [3.05, 3.63) is 52.7 Å². The molecule has 0 aliphatic heterocycles. The lowest BCUT2D eigenvalue weighted by atomic mass is 10.1. The standard InChI is InChI=1S/C16H16BrClN2O/c1-11(9-13-3-2-8-21-13)20-15-10-12(17)4-5-14(15)19-16(20)6-7-18/h2-5,8,10-11H,6-7,9H2,1H3. The van der Waals surface area contributed by atoms with Crippen LogP contribution in [0.3, 0.4) is 0 Å². The first-order valence-electron chi connectivity index (χ1n) is 6.93. The number of hydrogen-bond acceptors (Lipinski definition) is 2. The number of benzene rings is 1. The number of alkyl halides is 1. The van der Waals surface area contributed by atoms with Crippen molar-refractivity contribution in [1.82, 2.24) is 9.55 Å². The van der Waals surface area contributed by atoms with E-state index in [-0.39, 0.29) is 6.04 Å². The van der Waals surface area contributed by atoms with Gasteiger partial charge in [-0.3, -0.25) is 0 Å². The molecule has 0 aliphatic rings. The van der Waals surface area contributed by atoms with Crippen molar-refractivity contribution >= 4 is 38.6 Å². The molecule has 0 saturated heterocycles. The van der Waals surface area contributed by atoms with Crippen LogP contribution in [-0.4, -0.2) is 15.4 Å². The number of hydrogen-bond donors (Lipinski definition) is 0. The van der Waals surface area contributed by atoms with Crippen LogP contribution >= 0.6 is 27.5 Å². The van der Waals surface area contributed by atoms with Gasteiger partial charge in [0, 0.05) is 29.2 Å². The van der Waals surface area contributed by atoms with Crippen molar-refractivity contribution < 1.29 is 4.42 Å². The van der Waals surface area contributed by atoms with Gasteiger partial charge in [-0.15, -0.1) is 11.6 Å². The van der Waals surface area contributed by atoms with Crippen LogP contribution in [0.4, 0.5) is 0 Å². The SMILES string of the molecule is CC(Cc1ccco1)n1c(CCCl)nc2ccc(Br)cc21. The van der Waals surface area contributed by atoms with Gasteiger partial charge in [0.15, 0.2) is 0 Å². The average molecular weight is 368 g/mol. The summed E-state index contributed by atoms with van der Waals surface area (Å²) < 4.78 is 8.79. The van der Waals surface area contributed by atoms with E-state index in [4.69, 9.17) is 21.0 Å². The molecular weight excluding hydrogens is 352 g/mol. The zero-order chi connectivity index (χ0) is 14.8. The molecular formula is C16H16BrClN2O. The molecule has 3 aromatic rings. The molecule has 0 saturated carbocycles. The summed E-state index contributed by atoms with van der Waals surface area (Å²) in [5.74, 6) is 2.58. The van der Waals surface area contributed by atoms with Gasteiger partial charge < -0.3 is 8.98 Å². The number of halogens is 2. The quantitative estimate of drug-likeness (QED) is 0.596. The first kappa shape index (κ1) is 14.7. The molecule has 1 aromatic carbocycles. The minimum Gasteiger partial charge on any atom is -0.469 e. The Morgan fingerprint density at radius 3 is 2.95 bits per heavy atom. The molecule has 2 aromatic heterocycles. The van der Waals surface area contributed by atoms with Gasteiger partial charge in [-0.1, -0.05) is 15.9 Å². The molecule has 21 heavy (non-hydrogen) atoms. The first-order valence-corrected chi connectivity index (χ1v) is 8.26. The smallest absolute Gasteiger partial charge is 0.111 e. The number of furan rings is 1. The van der Waals surface area contributed by atoms with E-state index in [9.17, 15) is 0 Å². The van der Waals surface area contributed by atoms with Crippen LogP contribution in [0.25, 0.3) is 11.0 Å². The van der Waals surface area contributed by atoms with E-state index in [1.807, 2.05) is 24.3 Å². The molecule has 110 valence electrons. The molecule has 1 unspecified atom stereocenters. The van der Waals surface area contributed by atoms with Gasteiger partial charge >= 0.3 is 0 Å². The Morgan fingerprint density at radius 2 is 2.24 bits per heavy atom. The third kappa shape index (κ3) is 3.01. The van der Waals surface area contributed by atoms with E-state index in [2.05, 4.69) is 33.5 Å². The molecule has 3 nitrogen and oxygen atoms in total. The highest BCUT2D eigenvalue weighted by Gasteiger charge is 2.17. The summed E-state index contributed by atoms with van der Waals surface area (Å²) in [4.78, 5) is 4.72. The van der Waals surface area contributed by atoms with Crippen LogP contribution in [0.1, 0.15) is 24.6 Å². The topological polar surface area (TPSA) is 31.0 Å². The van der Waals surface area contributed by atoms with Crippen molar-refractivity contribution in [3.63, 3.8) is 0 Å². The maximum Gasteiger partial charge on any atom is 0.111 e. The van der Waals surface area contributed by atoms with Crippen molar-refractivity contribution in [2.24, 2.45) is 0 Å². The van der Waals surface area contributed by atoms with Crippen LogP contribution in [0.2, 0.25) is 0 Å². The molecule has 1 atom stereocenters. The van der Waals surface area contributed by atoms with E-state index < -0.39 is 0 Å². The van der Waals surface area contributed by atoms with Gasteiger partial charge in [-0.05, 0) is 37.3 Å². The van der Waals surface area contributed by atoms with Crippen LogP contribution in [0, 0.1) is 0 Å². The Hall–Kier alpha value is -1.26. The summed E-state index contributed by atoms with van der Waals surface area (Å²) in [7, 11) is 0. The van der Waals surface area contributed by atoms with Crippen LogP contribution in [-0.2, 0) is 12.8 Å². The summed E-state index contributed by atoms with van der Waals surface area (Å²) >= 11 is 9.47. The van der Waals surface area contributed by atoms with Crippen molar-refractivity contribution in [2.45, 2.75) is 25.8 Å². The number of aryl methyl sites for hydroxylation is 1. The maximum atomic E-state index is 5.93. The summed E-state index contributed by atoms with van der Waals surface area (Å²) in [6.07, 6.45) is 3.31. The second-order valence-electron chi connectivity index (χ2n) is 5.10. The fourth-order valence-electron chi connectivity index (χ4n) is 2.68. The summed E-state index contributed by atoms with van der Waals surface area (Å²) in [6, 6.07) is 10.3. The van der Waals surface area contributed by atoms with Gasteiger partial charge in [0.1, 0.15) is 11.6 Å². The van der Waals surface area contributed by atoms with Crippen LogP contribution in [0.15, 0.2) is 45.5 Å². The summed E-state index contributed by atoms with van der Waals surface area (Å²) in [5, 5.41) is 0. The van der Waals surface area contributed by atoms with Gasteiger partial charge in [-0.2, -0.15) is 0 Å². The van der Waals surface area contributed by atoms with E-state index in [1.165, 1.54) is 0 Å². The van der Waals surface area contributed by atoms with Crippen LogP contribution < -0.4 is 0 Å². The number of nitrogens with zero attached hydrogens (tertiary/aromatic N) is 2. The second kappa shape index (κ2) is 6.24. The fourth-order valence-corrected chi connectivity index (χ4v) is 3.20. The van der Waals surface area contributed by atoms with Crippen molar-refractivity contribution in [1.29, 1.82) is 0 Å². The van der Waals surface area contributed by atoms with Crippen LogP contribution in [0.5, 0.6) is 0 Å². The molecule has 0 fully saturated rings. The molecule has 0 spiro atoms. The minimum atomic E-state index is 0.258. The Morgan fingerprint density at radius 1 is 1.38 bits per heavy atom. The molecule has 0 aliphatic carbocycles. The molecule has 0 bridgehead atoms. The fraction of sp³-hybridized carbons (Fsp3) is 0.312. The Labute approximate surface area is 137 Å². The largest absolute Gasteiger partial charge is 0.469 e. The third-order valence-electron chi connectivity index (χ3n) is 3.56. The number of aromatic nitrogens is 2. The van der Waals surface area contributed by atoms with Gasteiger partial charge in [0.05, 0.1) is 17.3 Å². The number of imidazole rings is 1. The maximum absolute atomic E-state index is 5.93. The zero-order valence-corrected chi connectivity index (χ0v) is 14.1. The Bertz CT molecular complexity index is 736. The average Bonchev–Trinajstić information content (AvgIpc) is 3.06. The second-order valence-corrected chi connectivity index (χ2v) is 6.40. The molecule has 3 rings (SSSR count). The summed E-state index contributed by atoms with van der Waals surface area (Å²) in [5.41, 5.74) is 2.13. The lowest BCUT2D eigenvalue weighted by molar-refractivity contribution is 0.447. The van der Waals surface area contributed by atoms with Crippen molar-refractivity contribution in [2.75, 3.05) is 5.88 Å². The molecule has 2 heterocycles. The molecule has 0 amide bonds. The van der Waals surface area contributed by atoms with E-state index >= 15 is 0 Å². The molecule has 5 heteroatoms. The third-order valence-corrected chi connectivity index (χ3v) is 4.24. The van der Waals surface area contributed by atoms with Gasteiger partial charge in [-0.25, -0.2) is 4.98 Å². The Kier molecular flexibility index (Phi) is 4.36. The predicted molar refractivity (Wildman–Crippen MR) is 89.0 cm³/mol. The number of fused-ring (bicyclic) bond motifs is 1. The zero-order valence-electron chi connectivity index (χ0n) is 11.7. The Balaban J connectivity index is 2.05. The molecule has 0 radical (unpaired) electrons. The summed E-state index contributed by atoms with van der Waals surface area (Å²) in [6.45, 7) is 2.18. The monoisotopic (exact) mass is 366 g/mol. The van der Waals surface area contributed by atoms with E-state index in [1.54, 1.807) is 6.26 Å². The highest BCUT2D eigenvalue weighted by Crippen LogP contribution is 2.27. The number of rotatable bonds is 5. The lowest BCUT2D eigenvalue weighted by Gasteiger charge is -2.16.